The van der Waals surface area contributed by atoms with E-state index >= 15 is 0 Å². The predicted octanol–water partition coefficient (Wildman–Crippen LogP) is 4.87. The van der Waals surface area contributed by atoms with Crippen LogP contribution in [0.3, 0.4) is 0 Å². The molecule has 0 aliphatic carbocycles. The van der Waals surface area contributed by atoms with Crippen molar-refractivity contribution in [2.24, 2.45) is 0 Å². The first kappa shape index (κ1) is 15.2. The van der Waals surface area contributed by atoms with Crippen molar-refractivity contribution >= 4 is 0 Å². The van der Waals surface area contributed by atoms with E-state index < -0.39 is 0 Å². The van der Waals surface area contributed by atoms with Crippen molar-refractivity contribution in [1.29, 1.82) is 0 Å². The fourth-order valence-electron chi connectivity index (χ4n) is 2.42. The fourth-order valence-corrected chi connectivity index (χ4v) is 2.42. The summed E-state index contributed by atoms with van der Waals surface area (Å²) in [4.78, 5) is 0. The third-order valence-corrected chi connectivity index (χ3v) is 3.74. The molecule has 0 heterocycles. The molecule has 1 atom stereocenters. The summed E-state index contributed by atoms with van der Waals surface area (Å²) in [6.45, 7) is 4.48. The van der Waals surface area contributed by atoms with Crippen LogP contribution in [-0.4, -0.2) is 7.05 Å². The lowest BCUT2D eigenvalue weighted by molar-refractivity contribution is 0.501. The molecule has 0 aromatic heterocycles. The highest BCUT2D eigenvalue weighted by Crippen LogP contribution is 2.20. The number of benzene rings is 1. The van der Waals surface area contributed by atoms with E-state index in [9.17, 15) is 0 Å². The third kappa shape index (κ3) is 5.22. The molecule has 0 saturated heterocycles. The van der Waals surface area contributed by atoms with E-state index in [0.29, 0.717) is 6.04 Å². The fraction of sp³-hybridized carbons (Fsp3) is 0.647. The van der Waals surface area contributed by atoms with Gasteiger partial charge in [0.05, 0.1) is 0 Å². The van der Waals surface area contributed by atoms with Crippen molar-refractivity contribution in [2.75, 3.05) is 7.05 Å². The molecule has 0 aliphatic rings. The summed E-state index contributed by atoms with van der Waals surface area (Å²) in [5.74, 6) is 0. The second-order valence-corrected chi connectivity index (χ2v) is 5.14. The molecule has 1 heteroatoms. The molecule has 0 saturated carbocycles. The minimum atomic E-state index is 0.525. The van der Waals surface area contributed by atoms with E-state index in [1.807, 2.05) is 0 Å². The molecule has 1 nitrogen and oxygen atoms in total. The molecule has 0 spiro atoms. The summed E-state index contributed by atoms with van der Waals surface area (Å²) < 4.78 is 0. The highest BCUT2D eigenvalue weighted by Gasteiger charge is 2.08. The molecule has 1 aromatic carbocycles. The Morgan fingerprint density at radius 2 is 1.61 bits per heavy atom. The Kier molecular flexibility index (Phi) is 7.75. The van der Waals surface area contributed by atoms with Crippen molar-refractivity contribution in [2.45, 2.75) is 64.8 Å². The summed E-state index contributed by atoms with van der Waals surface area (Å²) in [6.07, 6.45) is 9.19. The van der Waals surface area contributed by atoms with Crippen molar-refractivity contribution < 1.29 is 0 Å². The maximum atomic E-state index is 3.45. The topological polar surface area (TPSA) is 12.0 Å². The molecule has 0 radical (unpaired) electrons. The van der Waals surface area contributed by atoms with Gasteiger partial charge in [0.25, 0.3) is 0 Å². The van der Waals surface area contributed by atoms with Crippen LogP contribution in [0.2, 0.25) is 0 Å². The lowest BCUT2D eigenvalue weighted by atomic mass is 9.98. The smallest absolute Gasteiger partial charge is 0.0317 e. The number of hydrogen-bond donors (Lipinski definition) is 1. The van der Waals surface area contributed by atoms with Gasteiger partial charge in [-0.3, -0.25) is 0 Å². The van der Waals surface area contributed by atoms with Crippen LogP contribution in [0.1, 0.15) is 69.5 Å². The Bertz CT molecular complexity index is 302. The zero-order valence-electron chi connectivity index (χ0n) is 12.3. The normalized spacial score (nSPS) is 12.6. The second kappa shape index (κ2) is 9.16. The number of rotatable bonds is 9. The van der Waals surface area contributed by atoms with Gasteiger partial charge in [0, 0.05) is 6.04 Å². The van der Waals surface area contributed by atoms with E-state index in [1.165, 1.54) is 49.7 Å². The molecule has 102 valence electrons. The molecular weight excluding hydrogens is 218 g/mol. The first-order valence-electron chi connectivity index (χ1n) is 7.57. The van der Waals surface area contributed by atoms with Gasteiger partial charge in [-0.05, 0) is 31.0 Å². The van der Waals surface area contributed by atoms with Gasteiger partial charge in [-0.1, -0.05) is 70.2 Å². The summed E-state index contributed by atoms with van der Waals surface area (Å²) in [6, 6.07) is 9.61. The first-order chi connectivity index (χ1) is 8.81. The van der Waals surface area contributed by atoms with Crippen LogP contribution in [0.5, 0.6) is 0 Å². The zero-order valence-corrected chi connectivity index (χ0v) is 12.3. The lowest BCUT2D eigenvalue weighted by Crippen LogP contribution is -2.16. The molecule has 1 unspecified atom stereocenters. The van der Waals surface area contributed by atoms with Crippen molar-refractivity contribution in [3.8, 4) is 0 Å². The Morgan fingerprint density at radius 3 is 2.17 bits per heavy atom. The second-order valence-electron chi connectivity index (χ2n) is 5.14. The van der Waals surface area contributed by atoms with Crippen LogP contribution in [0.15, 0.2) is 24.3 Å². The van der Waals surface area contributed by atoms with Crippen molar-refractivity contribution in [1.82, 2.24) is 5.32 Å². The zero-order chi connectivity index (χ0) is 13.2. The molecule has 0 fully saturated rings. The molecular formula is C17H29N. The van der Waals surface area contributed by atoms with Crippen LogP contribution in [-0.2, 0) is 6.42 Å². The monoisotopic (exact) mass is 247 g/mol. The summed E-state index contributed by atoms with van der Waals surface area (Å²) in [5.41, 5.74) is 2.86. The molecule has 1 aromatic rings. The van der Waals surface area contributed by atoms with E-state index in [-0.39, 0.29) is 0 Å². The standard InChI is InChI=1S/C17H29N/c1-4-6-7-8-9-10-17(18-3)16-13-11-15(5-2)12-14-16/h11-14,17-18H,4-10H2,1-3H3. The maximum Gasteiger partial charge on any atom is 0.0317 e. The summed E-state index contributed by atoms with van der Waals surface area (Å²) in [7, 11) is 2.07. The van der Waals surface area contributed by atoms with E-state index in [2.05, 4.69) is 50.5 Å². The van der Waals surface area contributed by atoms with Gasteiger partial charge in [-0.2, -0.15) is 0 Å². The van der Waals surface area contributed by atoms with Crippen LogP contribution in [0, 0.1) is 0 Å². The molecule has 1 N–H and O–H groups in total. The van der Waals surface area contributed by atoms with E-state index in [0.717, 1.165) is 6.42 Å². The molecule has 1 rings (SSSR count). The third-order valence-electron chi connectivity index (χ3n) is 3.74. The Morgan fingerprint density at radius 1 is 0.944 bits per heavy atom. The molecule has 0 bridgehead atoms. The molecule has 18 heavy (non-hydrogen) atoms. The van der Waals surface area contributed by atoms with Crippen molar-refractivity contribution in [3.63, 3.8) is 0 Å². The molecule has 0 aliphatic heterocycles. The quantitative estimate of drug-likeness (QED) is 0.614. The minimum absolute atomic E-state index is 0.525. The average molecular weight is 247 g/mol. The van der Waals surface area contributed by atoms with Gasteiger partial charge in [0.15, 0.2) is 0 Å². The highest BCUT2D eigenvalue weighted by molar-refractivity contribution is 5.24. The van der Waals surface area contributed by atoms with Gasteiger partial charge in [-0.25, -0.2) is 0 Å². The predicted molar refractivity (Wildman–Crippen MR) is 81.0 cm³/mol. The van der Waals surface area contributed by atoms with Crippen LogP contribution in [0.25, 0.3) is 0 Å². The first-order valence-corrected chi connectivity index (χ1v) is 7.57. The van der Waals surface area contributed by atoms with E-state index in [1.54, 1.807) is 0 Å². The lowest BCUT2D eigenvalue weighted by Gasteiger charge is -2.17. The largest absolute Gasteiger partial charge is 0.313 e. The van der Waals surface area contributed by atoms with Crippen LogP contribution >= 0.6 is 0 Å². The summed E-state index contributed by atoms with van der Waals surface area (Å²) in [5, 5.41) is 3.45. The minimum Gasteiger partial charge on any atom is -0.313 e. The van der Waals surface area contributed by atoms with Gasteiger partial charge in [-0.15, -0.1) is 0 Å². The Labute approximate surface area is 113 Å². The van der Waals surface area contributed by atoms with Gasteiger partial charge in [0.1, 0.15) is 0 Å². The van der Waals surface area contributed by atoms with E-state index in [4.69, 9.17) is 0 Å². The number of aryl methyl sites for hydroxylation is 1. The van der Waals surface area contributed by atoms with Gasteiger partial charge in [0.2, 0.25) is 0 Å². The van der Waals surface area contributed by atoms with Crippen molar-refractivity contribution in [3.05, 3.63) is 35.4 Å². The number of hydrogen-bond acceptors (Lipinski definition) is 1. The average Bonchev–Trinajstić information content (AvgIpc) is 2.43. The Balaban J connectivity index is 2.39. The van der Waals surface area contributed by atoms with Crippen LogP contribution < -0.4 is 5.32 Å². The number of unbranched alkanes of at least 4 members (excludes halogenated alkanes) is 4. The maximum absolute atomic E-state index is 3.45. The summed E-state index contributed by atoms with van der Waals surface area (Å²) >= 11 is 0. The number of nitrogens with one attached hydrogen (secondary N) is 1. The SMILES string of the molecule is CCCCCCCC(NC)c1ccc(CC)cc1. The Hall–Kier alpha value is -0.820. The van der Waals surface area contributed by atoms with Gasteiger partial charge < -0.3 is 5.32 Å². The van der Waals surface area contributed by atoms with Crippen LogP contribution in [0.4, 0.5) is 0 Å². The highest BCUT2D eigenvalue weighted by atomic mass is 14.9. The van der Waals surface area contributed by atoms with Gasteiger partial charge >= 0.3 is 0 Å². The molecule has 0 amide bonds.